The maximum absolute atomic E-state index is 4.26. The third-order valence-electron chi connectivity index (χ3n) is 1.97. The summed E-state index contributed by atoms with van der Waals surface area (Å²) in [5, 5.41) is 3.35. The van der Waals surface area contributed by atoms with Crippen LogP contribution in [-0.2, 0) is 0 Å². The zero-order valence-corrected chi connectivity index (χ0v) is 7.95. The first-order valence-corrected chi connectivity index (χ1v) is 4.97. The second-order valence-corrected chi connectivity index (χ2v) is 3.83. The third kappa shape index (κ3) is 1.57. The highest BCUT2D eigenvalue weighted by atomic mass is 32.1. The van der Waals surface area contributed by atoms with E-state index < -0.39 is 0 Å². The fourth-order valence-electron chi connectivity index (χ4n) is 1.35. The molecule has 2 nitrogen and oxygen atoms in total. The SMILES string of the molecule is Cc1cc(C2=CCCNC2)sn1. The minimum atomic E-state index is 1.00. The molecule has 0 radical (unpaired) electrons. The van der Waals surface area contributed by atoms with Gasteiger partial charge in [-0.05, 0) is 43.1 Å². The molecule has 0 atom stereocenters. The first kappa shape index (κ1) is 7.95. The van der Waals surface area contributed by atoms with Crippen molar-refractivity contribution in [2.45, 2.75) is 13.3 Å². The van der Waals surface area contributed by atoms with Gasteiger partial charge in [0.1, 0.15) is 0 Å². The molecule has 1 aromatic heterocycles. The maximum atomic E-state index is 4.26. The molecular formula is C9H12N2S. The van der Waals surface area contributed by atoms with Gasteiger partial charge in [-0.15, -0.1) is 0 Å². The van der Waals surface area contributed by atoms with Crippen LogP contribution in [0.25, 0.3) is 5.57 Å². The smallest absolute Gasteiger partial charge is 0.0522 e. The molecule has 1 N–H and O–H groups in total. The Morgan fingerprint density at radius 1 is 1.58 bits per heavy atom. The van der Waals surface area contributed by atoms with Crippen molar-refractivity contribution in [2.24, 2.45) is 0 Å². The molecule has 1 aliphatic rings. The van der Waals surface area contributed by atoms with Crippen LogP contribution in [0.3, 0.4) is 0 Å². The Bertz CT molecular complexity index is 301. The highest BCUT2D eigenvalue weighted by Crippen LogP contribution is 2.21. The number of aryl methyl sites for hydroxylation is 1. The van der Waals surface area contributed by atoms with Gasteiger partial charge in [0.25, 0.3) is 0 Å². The molecule has 0 unspecified atom stereocenters. The summed E-state index contributed by atoms with van der Waals surface area (Å²) in [5.74, 6) is 0. The van der Waals surface area contributed by atoms with Gasteiger partial charge >= 0.3 is 0 Å². The Hall–Kier alpha value is -0.670. The van der Waals surface area contributed by atoms with Crippen LogP contribution in [0.4, 0.5) is 0 Å². The van der Waals surface area contributed by atoms with Crippen LogP contribution >= 0.6 is 11.5 Å². The summed E-state index contributed by atoms with van der Waals surface area (Å²) < 4.78 is 4.26. The van der Waals surface area contributed by atoms with E-state index in [1.807, 2.05) is 6.92 Å². The number of nitrogens with zero attached hydrogens (tertiary/aromatic N) is 1. The fraction of sp³-hybridized carbons (Fsp3) is 0.444. The Labute approximate surface area is 76.5 Å². The average Bonchev–Trinajstić information content (AvgIpc) is 2.54. The molecule has 0 aliphatic carbocycles. The van der Waals surface area contributed by atoms with Gasteiger partial charge in [-0.3, -0.25) is 0 Å². The Balaban J connectivity index is 2.23. The van der Waals surface area contributed by atoms with E-state index in [0.717, 1.165) is 25.2 Å². The van der Waals surface area contributed by atoms with Crippen LogP contribution in [0.2, 0.25) is 0 Å². The molecule has 0 amide bonds. The molecule has 12 heavy (non-hydrogen) atoms. The van der Waals surface area contributed by atoms with Crippen molar-refractivity contribution in [2.75, 3.05) is 13.1 Å². The highest BCUT2D eigenvalue weighted by Gasteiger charge is 2.07. The van der Waals surface area contributed by atoms with Crippen LogP contribution in [-0.4, -0.2) is 17.5 Å². The van der Waals surface area contributed by atoms with Gasteiger partial charge < -0.3 is 5.32 Å². The first-order chi connectivity index (χ1) is 5.86. The van der Waals surface area contributed by atoms with E-state index in [2.05, 4.69) is 21.8 Å². The Morgan fingerprint density at radius 2 is 2.50 bits per heavy atom. The number of hydrogen-bond acceptors (Lipinski definition) is 3. The topological polar surface area (TPSA) is 24.9 Å². The van der Waals surface area contributed by atoms with E-state index in [1.165, 1.54) is 10.5 Å². The van der Waals surface area contributed by atoms with E-state index in [4.69, 9.17) is 0 Å². The van der Waals surface area contributed by atoms with E-state index in [9.17, 15) is 0 Å². The summed E-state index contributed by atoms with van der Waals surface area (Å²) in [7, 11) is 0. The molecule has 0 aromatic carbocycles. The molecule has 2 heterocycles. The number of rotatable bonds is 1. The average molecular weight is 180 g/mol. The zero-order valence-electron chi connectivity index (χ0n) is 7.13. The monoisotopic (exact) mass is 180 g/mol. The second kappa shape index (κ2) is 3.37. The predicted octanol–water partition coefficient (Wildman–Crippen LogP) is 1.83. The number of hydrogen-bond donors (Lipinski definition) is 1. The summed E-state index contributed by atoms with van der Waals surface area (Å²) in [6.07, 6.45) is 3.45. The van der Waals surface area contributed by atoms with Crippen LogP contribution < -0.4 is 5.32 Å². The fourth-order valence-corrected chi connectivity index (χ4v) is 2.14. The summed E-state index contributed by atoms with van der Waals surface area (Å²) in [6.45, 7) is 4.15. The molecule has 0 spiro atoms. The zero-order chi connectivity index (χ0) is 8.39. The van der Waals surface area contributed by atoms with Crippen molar-refractivity contribution in [3.8, 4) is 0 Å². The summed E-state index contributed by atoms with van der Waals surface area (Å²) in [5.41, 5.74) is 2.54. The molecular weight excluding hydrogens is 168 g/mol. The van der Waals surface area contributed by atoms with Gasteiger partial charge in [0, 0.05) is 6.54 Å². The molecule has 0 fully saturated rings. The lowest BCUT2D eigenvalue weighted by atomic mass is 10.1. The van der Waals surface area contributed by atoms with E-state index in [-0.39, 0.29) is 0 Å². The molecule has 64 valence electrons. The van der Waals surface area contributed by atoms with Gasteiger partial charge in [0.15, 0.2) is 0 Å². The molecule has 0 saturated heterocycles. The quantitative estimate of drug-likeness (QED) is 0.713. The number of nitrogens with one attached hydrogen (secondary N) is 1. The van der Waals surface area contributed by atoms with Gasteiger partial charge in [-0.2, -0.15) is 4.37 Å². The standard InChI is InChI=1S/C9H12N2S/c1-7-5-9(12-11-7)8-3-2-4-10-6-8/h3,5,10H,2,4,6H2,1H3. The Kier molecular flexibility index (Phi) is 2.23. The lowest BCUT2D eigenvalue weighted by molar-refractivity contribution is 0.740. The highest BCUT2D eigenvalue weighted by molar-refractivity contribution is 7.07. The molecule has 1 aliphatic heterocycles. The minimum Gasteiger partial charge on any atom is -0.312 e. The van der Waals surface area contributed by atoms with Crippen molar-refractivity contribution in [1.82, 2.24) is 9.69 Å². The third-order valence-corrected chi connectivity index (χ3v) is 2.93. The Morgan fingerprint density at radius 3 is 3.08 bits per heavy atom. The lowest BCUT2D eigenvalue weighted by Gasteiger charge is -2.11. The minimum absolute atomic E-state index is 1.00. The predicted molar refractivity (Wildman–Crippen MR) is 52.3 cm³/mol. The van der Waals surface area contributed by atoms with Gasteiger partial charge in [0.2, 0.25) is 0 Å². The van der Waals surface area contributed by atoms with Gasteiger partial charge in [0.05, 0.1) is 10.6 Å². The van der Waals surface area contributed by atoms with Crippen molar-refractivity contribution in [1.29, 1.82) is 0 Å². The maximum Gasteiger partial charge on any atom is 0.0522 e. The van der Waals surface area contributed by atoms with E-state index >= 15 is 0 Å². The summed E-state index contributed by atoms with van der Waals surface area (Å²) in [4.78, 5) is 1.32. The molecule has 2 rings (SSSR count). The molecule has 1 aromatic rings. The first-order valence-electron chi connectivity index (χ1n) is 4.20. The van der Waals surface area contributed by atoms with E-state index in [0.29, 0.717) is 0 Å². The molecule has 0 saturated carbocycles. The van der Waals surface area contributed by atoms with Crippen LogP contribution in [0, 0.1) is 6.92 Å². The molecule has 3 heteroatoms. The second-order valence-electron chi connectivity index (χ2n) is 3.03. The van der Waals surface area contributed by atoms with Crippen LogP contribution in [0.5, 0.6) is 0 Å². The van der Waals surface area contributed by atoms with Gasteiger partial charge in [-0.25, -0.2) is 0 Å². The van der Waals surface area contributed by atoms with Crippen molar-refractivity contribution < 1.29 is 0 Å². The van der Waals surface area contributed by atoms with E-state index in [1.54, 1.807) is 11.5 Å². The number of aromatic nitrogens is 1. The lowest BCUT2D eigenvalue weighted by Crippen LogP contribution is -2.21. The summed E-state index contributed by atoms with van der Waals surface area (Å²) >= 11 is 1.60. The molecule has 0 bridgehead atoms. The van der Waals surface area contributed by atoms with Crippen molar-refractivity contribution in [3.63, 3.8) is 0 Å². The normalized spacial score (nSPS) is 17.6. The summed E-state index contributed by atoms with van der Waals surface area (Å²) in [6, 6.07) is 2.16. The van der Waals surface area contributed by atoms with Crippen molar-refractivity contribution >= 4 is 17.1 Å². The van der Waals surface area contributed by atoms with Gasteiger partial charge in [-0.1, -0.05) is 6.08 Å². The van der Waals surface area contributed by atoms with Crippen molar-refractivity contribution in [3.05, 3.63) is 22.7 Å². The van der Waals surface area contributed by atoms with Crippen LogP contribution in [0.15, 0.2) is 12.1 Å². The largest absolute Gasteiger partial charge is 0.312 e. The van der Waals surface area contributed by atoms with Crippen LogP contribution in [0.1, 0.15) is 17.0 Å².